The van der Waals surface area contributed by atoms with E-state index in [4.69, 9.17) is 22.1 Å². The lowest BCUT2D eigenvalue weighted by Crippen LogP contribution is -2.46. The maximum atomic E-state index is 12.1. The second-order valence-corrected chi connectivity index (χ2v) is 5.20. The third kappa shape index (κ3) is 5.04. The Balaban J connectivity index is 2.77. The monoisotopic (exact) mass is 326 g/mol. The Labute approximate surface area is 134 Å². The maximum absolute atomic E-state index is 12.1. The summed E-state index contributed by atoms with van der Waals surface area (Å²) in [5, 5.41) is 2.76. The van der Waals surface area contributed by atoms with Gasteiger partial charge in [0.1, 0.15) is 6.04 Å². The van der Waals surface area contributed by atoms with E-state index in [1.165, 1.54) is 6.07 Å². The fourth-order valence-corrected chi connectivity index (χ4v) is 2.08. The van der Waals surface area contributed by atoms with Crippen molar-refractivity contribution in [1.82, 2.24) is 5.32 Å². The van der Waals surface area contributed by atoms with Crippen LogP contribution in [-0.4, -0.2) is 30.4 Å². The summed E-state index contributed by atoms with van der Waals surface area (Å²) in [5.41, 5.74) is 5.52. The quantitative estimate of drug-likeness (QED) is 0.742. The Bertz CT molecular complexity index is 562. The molecule has 1 aromatic rings. The summed E-state index contributed by atoms with van der Waals surface area (Å²) < 4.78 is 4.87. The van der Waals surface area contributed by atoms with E-state index in [0.717, 1.165) is 0 Å². The van der Waals surface area contributed by atoms with Crippen LogP contribution in [0.5, 0.6) is 0 Å². The highest BCUT2D eigenvalue weighted by molar-refractivity contribution is 6.33. The normalized spacial score (nSPS) is 13.0. The standard InChI is InChI=1S/C15H19ClN2O4/c1-3-22-15(21)9(2)8-12(13(17)19)18-14(20)10-6-4-5-7-11(10)16/h4-7,9,12H,3,8H2,1-2H3,(H2,17,19)(H,18,20)/t9-,12-/m1/s1. The zero-order chi connectivity index (χ0) is 16.7. The first-order valence-corrected chi connectivity index (χ1v) is 7.26. The molecule has 0 radical (unpaired) electrons. The number of amides is 2. The predicted octanol–water partition coefficient (Wildman–Crippen LogP) is 1.51. The molecule has 3 N–H and O–H groups in total. The molecular weight excluding hydrogens is 308 g/mol. The first-order chi connectivity index (χ1) is 10.4. The van der Waals surface area contributed by atoms with E-state index in [9.17, 15) is 14.4 Å². The number of primary amides is 1. The molecule has 0 aliphatic heterocycles. The lowest BCUT2D eigenvalue weighted by molar-refractivity contribution is -0.147. The van der Waals surface area contributed by atoms with E-state index in [1.807, 2.05) is 0 Å². The number of rotatable bonds is 7. The molecule has 0 bridgehead atoms. The van der Waals surface area contributed by atoms with Gasteiger partial charge < -0.3 is 15.8 Å². The second-order valence-electron chi connectivity index (χ2n) is 4.80. The van der Waals surface area contributed by atoms with E-state index in [1.54, 1.807) is 32.0 Å². The second kappa shape index (κ2) is 8.38. The summed E-state index contributed by atoms with van der Waals surface area (Å²) in [6.45, 7) is 3.54. The van der Waals surface area contributed by atoms with E-state index in [0.29, 0.717) is 0 Å². The largest absolute Gasteiger partial charge is 0.466 e. The topological polar surface area (TPSA) is 98.5 Å². The summed E-state index contributed by atoms with van der Waals surface area (Å²) in [7, 11) is 0. The van der Waals surface area contributed by atoms with Crippen LogP contribution in [0.3, 0.4) is 0 Å². The van der Waals surface area contributed by atoms with Gasteiger partial charge in [-0.2, -0.15) is 0 Å². The Kier molecular flexibility index (Phi) is 6.85. The predicted molar refractivity (Wildman–Crippen MR) is 82.3 cm³/mol. The van der Waals surface area contributed by atoms with Crippen LogP contribution in [0.25, 0.3) is 0 Å². The van der Waals surface area contributed by atoms with Gasteiger partial charge in [-0.1, -0.05) is 30.7 Å². The van der Waals surface area contributed by atoms with Gasteiger partial charge in [-0.15, -0.1) is 0 Å². The summed E-state index contributed by atoms with van der Waals surface area (Å²) in [4.78, 5) is 35.2. The summed E-state index contributed by atoms with van der Waals surface area (Å²) in [5.74, 6) is -2.26. The molecule has 120 valence electrons. The molecule has 2 amide bonds. The van der Waals surface area contributed by atoms with Crippen molar-refractivity contribution in [3.63, 3.8) is 0 Å². The van der Waals surface area contributed by atoms with Crippen molar-refractivity contribution in [3.05, 3.63) is 34.9 Å². The van der Waals surface area contributed by atoms with Gasteiger partial charge in [-0.05, 0) is 25.5 Å². The number of hydrogen-bond donors (Lipinski definition) is 2. The fraction of sp³-hybridized carbons (Fsp3) is 0.400. The average Bonchev–Trinajstić information content (AvgIpc) is 2.46. The summed E-state index contributed by atoms with van der Waals surface area (Å²) in [6.07, 6.45) is 0.0599. The van der Waals surface area contributed by atoms with Crippen LogP contribution in [0.15, 0.2) is 24.3 Å². The molecule has 0 unspecified atom stereocenters. The molecule has 0 aliphatic carbocycles. The summed E-state index contributed by atoms with van der Waals surface area (Å²) >= 11 is 5.93. The molecular formula is C15H19ClN2O4. The van der Waals surface area contributed by atoms with Crippen LogP contribution in [0.4, 0.5) is 0 Å². The minimum atomic E-state index is -0.983. The molecule has 0 saturated heterocycles. The third-order valence-electron chi connectivity index (χ3n) is 3.05. The van der Waals surface area contributed by atoms with Crippen LogP contribution >= 0.6 is 11.6 Å². The summed E-state index contributed by atoms with van der Waals surface area (Å²) in [6, 6.07) is 5.46. The van der Waals surface area contributed by atoms with Gasteiger partial charge in [-0.3, -0.25) is 14.4 Å². The molecule has 1 aromatic carbocycles. The molecule has 22 heavy (non-hydrogen) atoms. The Morgan fingerprint density at radius 1 is 1.32 bits per heavy atom. The van der Waals surface area contributed by atoms with Crippen molar-refractivity contribution in [3.8, 4) is 0 Å². The van der Waals surface area contributed by atoms with E-state index in [2.05, 4.69) is 5.32 Å². The molecule has 0 saturated carbocycles. The lowest BCUT2D eigenvalue weighted by atomic mass is 10.0. The molecule has 0 spiro atoms. The van der Waals surface area contributed by atoms with Gasteiger partial charge in [0.2, 0.25) is 5.91 Å². The van der Waals surface area contributed by atoms with Gasteiger partial charge in [-0.25, -0.2) is 0 Å². The molecule has 0 aromatic heterocycles. The van der Waals surface area contributed by atoms with Gasteiger partial charge in [0.05, 0.1) is 23.1 Å². The SMILES string of the molecule is CCOC(=O)[C@H](C)C[C@@H](NC(=O)c1ccccc1Cl)C(N)=O. The minimum Gasteiger partial charge on any atom is -0.466 e. The molecule has 0 fully saturated rings. The van der Waals surface area contributed by atoms with Crippen LogP contribution in [0.2, 0.25) is 5.02 Å². The number of ether oxygens (including phenoxy) is 1. The first-order valence-electron chi connectivity index (χ1n) is 6.88. The average molecular weight is 327 g/mol. The van der Waals surface area contributed by atoms with Crippen LogP contribution in [0.1, 0.15) is 30.6 Å². The van der Waals surface area contributed by atoms with Crippen molar-refractivity contribution in [2.24, 2.45) is 11.7 Å². The highest BCUT2D eigenvalue weighted by atomic mass is 35.5. The van der Waals surface area contributed by atoms with E-state index in [-0.39, 0.29) is 23.6 Å². The first kappa shape index (κ1) is 18.0. The fourth-order valence-electron chi connectivity index (χ4n) is 1.86. The van der Waals surface area contributed by atoms with Gasteiger partial charge in [0, 0.05) is 0 Å². The third-order valence-corrected chi connectivity index (χ3v) is 3.38. The van der Waals surface area contributed by atoms with Crippen molar-refractivity contribution in [1.29, 1.82) is 0 Å². The zero-order valence-corrected chi connectivity index (χ0v) is 13.2. The number of carbonyl (C=O) groups is 3. The smallest absolute Gasteiger partial charge is 0.308 e. The molecule has 7 heteroatoms. The van der Waals surface area contributed by atoms with Crippen molar-refractivity contribution >= 4 is 29.4 Å². The molecule has 0 aliphatic rings. The number of nitrogens with one attached hydrogen (secondary N) is 1. The van der Waals surface area contributed by atoms with Gasteiger partial charge in [0.25, 0.3) is 5.91 Å². The van der Waals surface area contributed by atoms with Gasteiger partial charge in [0.15, 0.2) is 0 Å². The highest BCUT2D eigenvalue weighted by Gasteiger charge is 2.26. The van der Waals surface area contributed by atoms with Crippen molar-refractivity contribution in [2.75, 3.05) is 6.61 Å². The number of benzene rings is 1. The Morgan fingerprint density at radius 2 is 1.95 bits per heavy atom. The zero-order valence-electron chi connectivity index (χ0n) is 12.5. The highest BCUT2D eigenvalue weighted by Crippen LogP contribution is 2.16. The molecule has 6 nitrogen and oxygen atoms in total. The maximum Gasteiger partial charge on any atom is 0.308 e. The van der Waals surface area contributed by atoms with E-state index < -0.39 is 29.7 Å². The lowest BCUT2D eigenvalue weighted by Gasteiger charge is -2.19. The minimum absolute atomic E-state index is 0.0599. The van der Waals surface area contributed by atoms with Crippen LogP contribution in [0, 0.1) is 5.92 Å². The van der Waals surface area contributed by atoms with Crippen molar-refractivity contribution in [2.45, 2.75) is 26.3 Å². The van der Waals surface area contributed by atoms with E-state index >= 15 is 0 Å². The van der Waals surface area contributed by atoms with Crippen LogP contribution < -0.4 is 11.1 Å². The Hall–Kier alpha value is -2.08. The van der Waals surface area contributed by atoms with Crippen molar-refractivity contribution < 1.29 is 19.1 Å². The number of nitrogens with two attached hydrogens (primary N) is 1. The molecule has 0 heterocycles. The molecule has 2 atom stereocenters. The van der Waals surface area contributed by atoms with Crippen LogP contribution in [-0.2, 0) is 14.3 Å². The number of hydrogen-bond acceptors (Lipinski definition) is 4. The number of esters is 1. The Morgan fingerprint density at radius 3 is 2.50 bits per heavy atom. The number of carbonyl (C=O) groups excluding carboxylic acids is 3. The number of halogens is 1. The van der Waals surface area contributed by atoms with Gasteiger partial charge >= 0.3 is 5.97 Å². The molecule has 1 rings (SSSR count).